The van der Waals surface area contributed by atoms with E-state index in [1.807, 2.05) is 19.9 Å². The summed E-state index contributed by atoms with van der Waals surface area (Å²) in [5.41, 5.74) is 2.08. The number of para-hydroxylation sites is 1. The van der Waals surface area contributed by atoms with Crippen LogP contribution in [0.1, 0.15) is 28.4 Å². The summed E-state index contributed by atoms with van der Waals surface area (Å²) in [5.74, 6) is -0.181. The van der Waals surface area contributed by atoms with E-state index < -0.39 is 15.9 Å². The van der Waals surface area contributed by atoms with Crippen LogP contribution in [-0.4, -0.2) is 68.8 Å². The van der Waals surface area contributed by atoms with Crippen LogP contribution in [0.5, 0.6) is 5.75 Å². The molecular formula is C23H29N3O5S. The molecule has 0 aliphatic carbocycles. The van der Waals surface area contributed by atoms with Gasteiger partial charge in [0.1, 0.15) is 5.75 Å². The molecule has 9 heteroatoms. The van der Waals surface area contributed by atoms with Gasteiger partial charge in [-0.05, 0) is 44.5 Å². The molecule has 32 heavy (non-hydrogen) atoms. The zero-order valence-corrected chi connectivity index (χ0v) is 19.4. The lowest BCUT2D eigenvalue weighted by Gasteiger charge is -2.34. The third-order valence-electron chi connectivity index (χ3n) is 5.37. The zero-order chi connectivity index (χ0) is 23.3. The fraction of sp³-hybridized carbons (Fsp3) is 0.391. The molecule has 2 aromatic carbocycles. The van der Waals surface area contributed by atoms with Crippen LogP contribution in [0.25, 0.3) is 0 Å². The standard InChI is InChI=1S/C23H29N3O5S/c1-4-31-20-8-6-5-7-19(20)23(28)24-16-22(27)25-11-13-26(14-12-25)32(29,30)21-10-9-17(2)15-18(21)3/h5-10,15H,4,11-14,16H2,1-3H3,(H,24,28). The molecule has 3 rings (SSSR count). The molecule has 1 fully saturated rings. The van der Waals surface area contributed by atoms with Gasteiger partial charge >= 0.3 is 0 Å². The summed E-state index contributed by atoms with van der Waals surface area (Å²) >= 11 is 0. The number of hydrogen-bond donors (Lipinski definition) is 1. The summed E-state index contributed by atoms with van der Waals surface area (Å²) in [5, 5.41) is 2.63. The smallest absolute Gasteiger partial charge is 0.255 e. The summed E-state index contributed by atoms with van der Waals surface area (Å²) in [7, 11) is -3.62. The Labute approximate surface area is 189 Å². The first-order valence-electron chi connectivity index (χ1n) is 10.6. The summed E-state index contributed by atoms with van der Waals surface area (Å²) < 4.78 is 32.9. The minimum Gasteiger partial charge on any atom is -0.493 e. The van der Waals surface area contributed by atoms with Gasteiger partial charge in [0.15, 0.2) is 0 Å². The highest BCUT2D eigenvalue weighted by molar-refractivity contribution is 7.89. The number of nitrogens with one attached hydrogen (secondary N) is 1. The number of piperazine rings is 1. The monoisotopic (exact) mass is 459 g/mol. The Morgan fingerprint density at radius 1 is 1.03 bits per heavy atom. The Morgan fingerprint density at radius 2 is 1.72 bits per heavy atom. The molecule has 0 aromatic heterocycles. The second-order valence-corrected chi connectivity index (χ2v) is 9.57. The SMILES string of the molecule is CCOc1ccccc1C(=O)NCC(=O)N1CCN(S(=O)(=O)c2ccc(C)cc2C)CC1. The summed E-state index contributed by atoms with van der Waals surface area (Å²) in [6, 6.07) is 12.1. The number of benzene rings is 2. The highest BCUT2D eigenvalue weighted by atomic mass is 32.2. The van der Waals surface area contributed by atoms with Gasteiger partial charge in [-0.2, -0.15) is 4.31 Å². The van der Waals surface area contributed by atoms with E-state index in [0.717, 1.165) is 5.56 Å². The average Bonchev–Trinajstić information content (AvgIpc) is 2.77. The number of amides is 2. The number of aryl methyl sites for hydroxylation is 2. The van der Waals surface area contributed by atoms with E-state index in [1.54, 1.807) is 48.2 Å². The van der Waals surface area contributed by atoms with Crippen molar-refractivity contribution in [3.05, 3.63) is 59.2 Å². The molecule has 172 valence electrons. The van der Waals surface area contributed by atoms with Crippen molar-refractivity contribution in [3.8, 4) is 5.75 Å². The molecule has 1 aliphatic heterocycles. The molecule has 1 heterocycles. The molecule has 0 atom stereocenters. The lowest BCUT2D eigenvalue weighted by atomic mass is 10.2. The van der Waals surface area contributed by atoms with Crippen molar-refractivity contribution in [3.63, 3.8) is 0 Å². The highest BCUT2D eigenvalue weighted by Crippen LogP contribution is 2.22. The maximum Gasteiger partial charge on any atom is 0.255 e. The predicted molar refractivity (Wildman–Crippen MR) is 121 cm³/mol. The van der Waals surface area contributed by atoms with Gasteiger partial charge < -0.3 is 15.0 Å². The Bertz CT molecular complexity index is 1090. The molecule has 1 aliphatic rings. The molecule has 0 bridgehead atoms. The van der Waals surface area contributed by atoms with Crippen LogP contribution in [0.4, 0.5) is 0 Å². The van der Waals surface area contributed by atoms with Crippen LogP contribution in [0.3, 0.4) is 0 Å². The van der Waals surface area contributed by atoms with E-state index in [2.05, 4.69) is 5.32 Å². The van der Waals surface area contributed by atoms with Gasteiger partial charge in [0.2, 0.25) is 15.9 Å². The molecule has 0 unspecified atom stereocenters. The minimum atomic E-state index is -3.62. The molecular weight excluding hydrogens is 430 g/mol. The maximum absolute atomic E-state index is 13.0. The van der Waals surface area contributed by atoms with Crippen molar-refractivity contribution in [2.75, 3.05) is 39.3 Å². The fourth-order valence-electron chi connectivity index (χ4n) is 3.70. The third kappa shape index (κ3) is 5.28. The van der Waals surface area contributed by atoms with Crippen molar-refractivity contribution < 1.29 is 22.7 Å². The van der Waals surface area contributed by atoms with E-state index in [4.69, 9.17) is 4.74 Å². The van der Waals surface area contributed by atoms with Crippen molar-refractivity contribution in [2.24, 2.45) is 0 Å². The summed E-state index contributed by atoms with van der Waals surface area (Å²) in [4.78, 5) is 26.9. The van der Waals surface area contributed by atoms with Gasteiger partial charge in [-0.1, -0.05) is 29.8 Å². The lowest BCUT2D eigenvalue weighted by molar-refractivity contribution is -0.131. The topological polar surface area (TPSA) is 96.0 Å². The summed E-state index contributed by atoms with van der Waals surface area (Å²) in [6.07, 6.45) is 0. The molecule has 1 saturated heterocycles. The van der Waals surface area contributed by atoms with Crippen LogP contribution < -0.4 is 10.1 Å². The van der Waals surface area contributed by atoms with E-state index in [-0.39, 0.29) is 38.6 Å². The Hall–Kier alpha value is -2.91. The van der Waals surface area contributed by atoms with Gasteiger partial charge in [-0.25, -0.2) is 8.42 Å². The quantitative estimate of drug-likeness (QED) is 0.683. The van der Waals surface area contributed by atoms with Gasteiger partial charge in [0, 0.05) is 26.2 Å². The average molecular weight is 460 g/mol. The van der Waals surface area contributed by atoms with E-state index >= 15 is 0 Å². The van der Waals surface area contributed by atoms with Crippen molar-refractivity contribution >= 4 is 21.8 Å². The van der Waals surface area contributed by atoms with E-state index in [9.17, 15) is 18.0 Å². The highest BCUT2D eigenvalue weighted by Gasteiger charge is 2.31. The molecule has 0 radical (unpaired) electrons. The zero-order valence-electron chi connectivity index (χ0n) is 18.6. The maximum atomic E-state index is 13.0. The molecule has 2 amide bonds. The number of carbonyl (C=O) groups is 2. The van der Waals surface area contributed by atoms with Crippen LogP contribution in [0.15, 0.2) is 47.4 Å². The number of sulfonamides is 1. The van der Waals surface area contributed by atoms with Crippen molar-refractivity contribution in [1.82, 2.24) is 14.5 Å². The second-order valence-electron chi connectivity index (χ2n) is 7.67. The molecule has 0 spiro atoms. The molecule has 8 nitrogen and oxygen atoms in total. The number of nitrogens with zero attached hydrogens (tertiary/aromatic N) is 2. The van der Waals surface area contributed by atoms with Gasteiger partial charge in [0.05, 0.1) is 23.6 Å². The molecule has 2 aromatic rings. The number of ether oxygens (including phenoxy) is 1. The van der Waals surface area contributed by atoms with Crippen LogP contribution in [0.2, 0.25) is 0 Å². The van der Waals surface area contributed by atoms with Gasteiger partial charge in [-0.15, -0.1) is 0 Å². The van der Waals surface area contributed by atoms with Crippen LogP contribution in [0, 0.1) is 13.8 Å². The van der Waals surface area contributed by atoms with Crippen LogP contribution in [-0.2, 0) is 14.8 Å². The molecule has 1 N–H and O–H groups in total. The first-order chi connectivity index (χ1) is 15.2. The van der Waals surface area contributed by atoms with Crippen molar-refractivity contribution in [2.45, 2.75) is 25.7 Å². The lowest BCUT2D eigenvalue weighted by Crippen LogP contribution is -2.52. The Morgan fingerprint density at radius 3 is 2.38 bits per heavy atom. The van der Waals surface area contributed by atoms with Gasteiger partial charge in [0.25, 0.3) is 5.91 Å². The second kappa shape index (κ2) is 10.1. The minimum absolute atomic E-state index is 0.164. The number of hydrogen-bond acceptors (Lipinski definition) is 5. The van der Waals surface area contributed by atoms with E-state index in [0.29, 0.717) is 28.4 Å². The normalized spacial score (nSPS) is 14.8. The Balaban J connectivity index is 1.56. The number of carbonyl (C=O) groups excluding carboxylic acids is 2. The van der Waals surface area contributed by atoms with E-state index in [1.165, 1.54) is 4.31 Å². The van der Waals surface area contributed by atoms with Crippen molar-refractivity contribution in [1.29, 1.82) is 0 Å². The molecule has 0 saturated carbocycles. The van der Waals surface area contributed by atoms with Gasteiger partial charge in [-0.3, -0.25) is 9.59 Å². The Kier molecular flexibility index (Phi) is 7.52. The largest absolute Gasteiger partial charge is 0.493 e. The summed E-state index contributed by atoms with van der Waals surface area (Å²) in [6.45, 7) is 6.77. The first kappa shape index (κ1) is 23.7. The number of rotatable bonds is 7. The van der Waals surface area contributed by atoms with Crippen LogP contribution >= 0.6 is 0 Å². The first-order valence-corrected chi connectivity index (χ1v) is 12.0. The fourth-order valence-corrected chi connectivity index (χ4v) is 5.33. The third-order valence-corrected chi connectivity index (χ3v) is 7.43. The predicted octanol–water partition coefficient (Wildman–Crippen LogP) is 1.97.